The Labute approximate surface area is 105 Å². The van der Waals surface area contributed by atoms with Gasteiger partial charge in [-0.05, 0) is 12.3 Å². The van der Waals surface area contributed by atoms with Crippen molar-refractivity contribution in [1.82, 2.24) is 10.6 Å². The molecule has 0 aliphatic carbocycles. The highest BCUT2D eigenvalue weighted by atomic mass is 16.5. The van der Waals surface area contributed by atoms with E-state index >= 15 is 0 Å². The number of aliphatic carboxylic acids is 1. The molecule has 0 spiro atoms. The molecule has 2 unspecified atom stereocenters. The van der Waals surface area contributed by atoms with Gasteiger partial charge in [0.2, 0.25) is 5.91 Å². The van der Waals surface area contributed by atoms with E-state index in [1.165, 1.54) is 0 Å². The van der Waals surface area contributed by atoms with Crippen LogP contribution in [0.15, 0.2) is 0 Å². The first-order valence-corrected chi connectivity index (χ1v) is 5.89. The number of carboxylic acids is 1. The summed E-state index contributed by atoms with van der Waals surface area (Å²) in [4.78, 5) is 33.0. The number of rotatable bonds is 4. The Morgan fingerprint density at radius 3 is 2.67 bits per heavy atom. The predicted octanol–water partition coefficient (Wildman–Crippen LogP) is 0.102. The van der Waals surface area contributed by atoms with Gasteiger partial charge in [-0.3, -0.25) is 14.9 Å². The molecule has 1 fully saturated rings. The van der Waals surface area contributed by atoms with E-state index in [0.29, 0.717) is 19.6 Å². The summed E-state index contributed by atoms with van der Waals surface area (Å²) >= 11 is 0. The summed E-state index contributed by atoms with van der Waals surface area (Å²) in [7, 11) is 0. The van der Waals surface area contributed by atoms with Gasteiger partial charge < -0.3 is 15.2 Å². The van der Waals surface area contributed by atoms with E-state index in [-0.39, 0.29) is 24.8 Å². The largest absolute Gasteiger partial charge is 0.481 e. The number of imide groups is 1. The molecule has 0 aromatic rings. The Morgan fingerprint density at radius 2 is 2.06 bits per heavy atom. The van der Waals surface area contributed by atoms with E-state index in [9.17, 15) is 14.4 Å². The number of nitrogens with one attached hydrogen (secondary N) is 2. The summed E-state index contributed by atoms with van der Waals surface area (Å²) in [5.41, 5.74) is 0. The molecule has 7 nitrogen and oxygen atoms in total. The summed E-state index contributed by atoms with van der Waals surface area (Å²) in [6.07, 6.45) is 0.219. The van der Waals surface area contributed by atoms with Crippen molar-refractivity contribution in [2.75, 3.05) is 13.2 Å². The molecule has 0 aromatic heterocycles. The Hall–Kier alpha value is -1.63. The quantitative estimate of drug-likeness (QED) is 0.663. The lowest BCUT2D eigenvalue weighted by Gasteiger charge is -2.29. The average Bonchev–Trinajstić information content (AvgIpc) is 2.29. The molecule has 0 saturated carbocycles. The molecule has 1 aliphatic heterocycles. The highest BCUT2D eigenvalue weighted by molar-refractivity contribution is 5.95. The van der Waals surface area contributed by atoms with Gasteiger partial charge in [-0.1, -0.05) is 6.92 Å². The van der Waals surface area contributed by atoms with Crippen molar-refractivity contribution in [3.63, 3.8) is 0 Å². The molecule has 2 atom stereocenters. The fourth-order valence-electron chi connectivity index (χ4n) is 1.71. The smallest absolute Gasteiger partial charge is 0.321 e. The number of carbonyl (C=O) groups is 3. The van der Waals surface area contributed by atoms with Crippen LogP contribution in [0, 0.1) is 5.92 Å². The second-order valence-electron chi connectivity index (χ2n) is 4.36. The number of carbonyl (C=O) groups excluding carboxylic acids is 2. The van der Waals surface area contributed by atoms with Crippen LogP contribution in [-0.2, 0) is 14.3 Å². The molecule has 1 heterocycles. The summed E-state index contributed by atoms with van der Waals surface area (Å²) in [5.74, 6) is -1.46. The van der Waals surface area contributed by atoms with E-state index in [1.54, 1.807) is 0 Å². The van der Waals surface area contributed by atoms with Crippen LogP contribution in [0.4, 0.5) is 4.79 Å². The van der Waals surface area contributed by atoms with Crippen LogP contribution in [0.1, 0.15) is 26.2 Å². The molecule has 1 rings (SSSR count). The van der Waals surface area contributed by atoms with Crippen LogP contribution < -0.4 is 10.6 Å². The van der Waals surface area contributed by atoms with Crippen LogP contribution in [-0.4, -0.2) is 42.3 Å². The molecule has 18 heavy (non-hydrogen) atoms. The van der Waals surface area contributed by atoms with Gasteiger partial charge in [-0.25, -0.2) is 4.79 Å². The maximum absolute atomic E-state index is 11.5. The van der Waals surface area contributed by atoms with Gasteiger partial charge in [0.1, 0.15) is 0 Å². The minimum atomic E-state index is -1.07. The lowest BCUT2D eigenvalue weighted by Crippen LogP contribution is -2.49. The Balaban J connectivity index is 2.27. The van der Waals surface area contributed by atoms with E-state index in [0.717, 1.165) is 0 Å². The summed E-state index contributed by atoms with van der Waals surface area (Å²) in [6, 6.07) is -0.602. The second-order valence-corrected chi connectivity index (χ2v) is 4.36. The fraction of sp³-hybridized carbons (Fsp3) is 0.727. The van der Waals surface area contributed by atoms with E-state index in [4.69, 9.17) is 9.84 Å². The first-order chi connectivity index (χ1) is 8.49. The summed E-state index contributed by atoms with van der Waals surface area (Å²) in [6.45, 7) is 3.12. The van der Waals surface area contributed by atoms with Crippen LogP contribution in [0.3, 0.4) is 0 Å². The zero-order valence-electron chi connectivity index (χ0n) is 10.3. The standard InChI is InChI=1S/C11H18N2O5/c1-7-6-18-5-4-8(7)12-11(17)13-9(14)2-3-10(15)16/h7-8H,2-6H2,1H3,(H,15,16)(H2,12,13,14,17). The highest BCUT2D eigenvalue weighted by Gasteiger charge is 2.23. The summed E-state index contributed by atoms with van der Waals surface area (Å²) < 4.78 is 5.24. The van der Waals surface area contributed by atoms with Crippen molar-refractivity contribution in [1.29, 1.82) is 0 Å². The third-order valence-corrected chi connectivity index (χ3v) is 2.78. The van der Waals surface area contributed by atoms with Crippen molar-refractivity contribution < 1.29 is 24.2 Å². The number of ether oxygens (including phenoxy) is 1. The number of hydrogen-bond acceptors (Lipinski definition) is 4. The molecule has 1 saturated heterocycles. The Bertz CT molecular complexity index is 331. The molecule has 0 radical (unpaired) electrons. The van der Waals surface area contributed by atoms with Gasteiger partial charge in [-0.2, -0.15) is 0 Å². The molecule has 102 valence electrons. The van der Waals surface area contributed by atoms with Gasteiger partial charge in [0.25, 0.3) is 0 Å². The maximum atomic E-state index is 11.5. The SMILES string of the molecule is CC1COCCC1NC(=O)NC(=O)CCC(=O)O. The van der Waals surface area contributed by atoms with Crippen LogP contribution in [0.5, 0.6) is 0 Å². The average molecular weight is 258 g/mol. The Kier molecular flexibility index (Phi) is 5.57. The van der Waals surface area contributed by atoms with Crippen molar-refractivity contribution in [2.45, 2.75) is 32.2 Å². The minimum absolute atomic E-state index is 0.0222. The van der Waals surface area contributed by atoms with Crippen molar-refractivity contribution in [2.24, 2.45) is 5.92 Å². The lowest BCUT2D eigenvalue weighted by atomic mass is 9.98. The zero-order valence-corrected chi connectivity index (χ0v) is 10.3. The number of hydrogen-bond donors (Lipinski definition) is 3. The normalized spacial score (nSPS) is 23.2. The monoisotopic (exact) mass is 258 g/mol. The highest BCUT2D eigenvalue weighted by Crippen LogP contribution is 2.13. The lowest BCUT2D eigenvalue weighted by molar-refractivity contribution is -0.138. The fourth-order valence-corrected chi connectivity index (χ4v) is 1.71. The topological polar surface area (TPSA) is 105 Å². The molecular weight excluding hydrogens is 240 g/mol. The minimum Gasteiger partial charge on any atom is -0.481 e. The molecule has 3 N–H and O–H groups in total. The van der Waals surface area contributed by atoms with E-state index in [1.807, 2.05) is 6.92 Å². The van der Waals surface area contributed by atoms with Crippen LogP contribution >= 0.6 is 0 Å². The molecule has 3 amide bonds. The van der Waals surface area contributed by atoms with Gasteiger partial charge in [0.05, 0.1) is 13.0 Å². The third-order valence-electron chi connectivity index (χ3n) is 2.78. The van der Waals surface area contributed by atoms with Crippen molar-refractivity contribution >= 4 is 17.9 Å². The zero-order chi connectivity index (χ0) is 13.5. The molecular formula is C11H18N2O5. The Morgan fingerprint density at radius 1 is 1.33 bits per heavy atom. The van der Waals surface area contributed by atoms with Gasteiger partial charge in [-0.15, -0.1) is 0 Å². The number of carboxylic acid groups (broad SMARTS) is 1. The molecule has 7 heteroatoms. The first kappa shape index (κ1) is 14.4. The summed E-state index contributed by atoms with van der Waals surface area (Å²) in [5, 5.41) is 13.2. The van der Waals surface area contributed by atoms with E-state index < -0.39 is 17.9 Å². The molecule has 1 aliphatic rings. The maximum Gasteiger partial charge on any atom is 0.321 e. The van der Waals surface area contributed by atoms with Crippen molar-refractivity contribution in [3.05, 3.63) is 0 Å². The van der Waals surface area contributed by atoms with Crippen LogP contribution in [0.25, 0.3) is 0 Å². The second kappa shape index (κ2) is 6.95. The number of urea groups is 1. The van der Waals surface area contributed by atoms with Gasteiger partial charge >= 0.3 is 12.0 Å². The van der Waals surface area contributed by atoms with Gasteiger partial charge in [0, 0.05) is 19.1 Å². The molecule has 0 aromatic carbocycles. The number of amides is 3. The van der Waals surface area contributed by atoms with Crippen LogP contribution in [0.2, 0.25) is 0 Å². The molecule has 0 bridgehead atoms. The third kappa shape index (κ3) is 5.13. The first-order valence-electron chi connectivity index (χ1n) is 5.89. The van der Waals surface area contributed by atoms with E-state index in [2.05, 4.69) is 10.6 Å². The van der Waals surface area contributed by atoms with Crippen molar-refractivity contribution in [3.8, 4) is 0 Å². The predicted molar refractivity (Wildman–Crippen MR) is 61.9 cm³/mol. The van der Waals surface area contributed by atoms with Gasteiger partial charge in [0.15, 0.2) is 0 Å².